The molecule has 0 atom stereocenters. The topological polar surface area (TPSA) is 119 Å². The zero-order chi connectivity index (χ0) is 25.9. The molecule has 0 aliphatic heterocycles. The molecule has 0 fully saturated rings. The smallest absolute Gasteiger partial charge is 0.273 e. The van der Waals surface area contributed by atoms with Gasteiger partial charge in [-0.2, -0.15) is 0 Å². The number of carbonyl (C=O) groups is 1. The molecule has 13 heteroatoms. The van der Waals surface area contributed by atoms with E-state index in [1.165, 1.54) is 38.3 Å². The van der Waals surface area contributed by atoms with Gasteiger partial charge in [0.2, 0.25) is 5.91 Å². The molecule has 0 unspecified atom stereocenters. The number of halogens is 3. The summed E-state index contributed by atoms with van der Waals surface area (Å²) in [5.41, 5.74) is -1.18. The fraction of sp³-hybridized carbons (Fsp3) is 0.136. The quantitative estimate of drug-likeness (QED) is 0.337. The van der Waals surface area contributed by atoms with Crippen LogP contribution in [0.15, 0.2) is 59.5 Å². The van der Waals surface area contributed by atoms with E-state index in [4.69, 9.17) is 16.3 Å². The highest BCUT2D eigenvalue weighted by atomic mass is 35.5. The van der Waals surface area contributed by atoms with Crippen LogP contribution in [0.25, 0.3) is 0 Å². The van der Waals surface area contributed by atoms with Gasteiger partial charge in [-0.05, 0) is 43.3 Å². The monoisotopic (exact) mass is 525 g/mol. The van der Waals surface area contributed by atoms with Crippen LogP contribution in [0.3, 0.4) is 0 Å². The molecular formula is C22H18ClF2N3O6S. The molecule has 3 aromatic carbocycles. The third kappa shape index (κ3) is 5.49. The Labute approximate surface area is 204 Å². The van der Waals surface area contributed by atoms with Crippen LogP contribution in [0, 0.1) is 28.7 Å². The number of nitrogens with one attached hydrogen (secondary N) is 1. The van der Waals surface area contributed by atoms with Crippen LogP contribution >= 0.6 is 11.6 Å². The van der Waals surface area contributed by atoms with Gasteiger partial charge in [0, 0.05) is 16.7 Å². The van der Waals surface area contributed by atoms with Crippen molar-refractivity contribution in [1.82, 2.24) is 0 Å². The van der Waals surface area contributed by atoms with Crippen molar-refractivity contribution in [1.29, 1.82) is 0 Å². The lowest BCUT2D eigenvalue weighted by molar-refractivity contribution is -0.385. The highest BCUT2D eigenvalue weighted by molar-refractivity contribution is 7.92. The Hall–Kier alpha value is -3.77. The second-order valence-electron chi connectivity index (χ2n) is 7.18. The molecule has 184 valence electrons. The average Bonchev–Trinajstić information content (AvgIpc) is 2.79. The van der Waals surface area contributed by atoms with Gasteiger partial charge in [-0.15, -0.1) is 0 Å². The number of nitro groups is 1. The largest absolute Gasteiger partial charge is 0.495 e. The predicted molar refractivity (Wildman–Crippen MR) is 125 cm³/mol. The van der Waals surface area contributed by atoms with E-state index in [0.29, 0.717) is 4.31 Å². The highest BCUT2D eigenvalue weighted by Crippen LogP contribution is 2.36. The van der Waals surface area contributed by atoms with Gasteiger partial charge in [-0.3, -0.25) is 19.2 Å². The first-order valence-electron chi connectivity index (χ1n) is 9.81. The minimum atomic E-state index is -4.64. The van der Waals surface area contributed by atoms with Crippen LogP contribution in [-0.2, 0) is 14.8 Å². The number of nitrogens with zero attached hydrogens (tertiary/aromatic N) is 2. The summed E-state index contributed by atoms with van der Waals surface area (Å²) < 4.78 is 61.0. The molecule has 0 radical (unpaired) electrons. The molecule has 0 heterocycles. The molecule has 9 nitrogen and oxygen atoms in total. The number of carbonyl (C=O) groups excluding carboxylic acids is 1. The molecule has 0 aliphatic rings. The number of sulfonamides is 1. The van der Waals surface area contributed by atoms with E-state index in [-0.39, 0.29) is 22.0 Å². The molecule has 1 N–H and O–H groups in total. The fourth-order valence-corrected chi connectivity index (χ4v) is 4.77. The first-order chi connectivity index (χ1) is 16.4. The zero-order valence-electron chi connectivity index (χ0n) is 18.3. The minimum Gasteiger partial charge on any atom is -0.495 e. The van der Waals surface area contributed by atoms with E-state index in [0.717, 1.165) is 30.3 Å². The maximum Gasteiger partial charge on any atom is 0.273 e. The number of amides is 1. The van der Waals surface area contributed by atoms with Crippen LogP contribution in [0.1, 0.15) is 5.56 Å². The van der Waals surface area contributed by atoms with Crippen LogP contribution in [0.2, 0.25) is 5.02 Å². The molecule has 35 heavy (non-hydrogen) atoms. The summed E-state index contributed by atoms with van der Waals surface area (Å²) in [6.45, 7) is 0.469. The lowest BCUT2D eigenvalue weighted by Crippen LogP contribution is -2.38. The number of rotatable bonds is 8. The molecule has 0 bridgehead atoms. The summed E-state index contributed by atoms with van der Waals surface area (Å²) >= 11 is 6.04. The molecule has 0 spiro atoms. The Morgan fingerprint density at radius 3 is 2.40 bits per heavy atom. The number of anilines is 2. The number of methoxy groups -OCH3 is 1. The molecule has 1 amide bonds. The van der Waals surface area contributed by atoms with Gasteiger partial charge in [0.15, 0.2) is 0 Å². The summed E-state index contributed by atoms with van der Waals surface area (Å²) in [6.07, 6.45) is 0. The van der Waals surface area contributed by atoms with E-state index < -0.39 is 55.3 Å². The lowest BCUT2D eigenvalue weighted by Gasteiger charge is -2.26. The Kier molecular flexibility index (Phi) is 7.56. The van der Waals surface area contributed by atoms with Crippen LogP contribution in [0.4, 0.5) is 25.8 Å². The second-order valence-corrected chi connectivity index (χ2v) is 9.48. The van der Waals surface area contributed by atoms with Gasteiger partial charge in [-0.1, -0.05) is 23.7 Å². The normalized spacial score (nSPS) is 11.1. The summed E-state index contributed by atoms with van der Waals surface area (Å²) in [6, 6.07) is 10.1. The van der Waals surface area contributed by atoms with Gasteiger partial charge < -0.3 is 10.1 Å². The summed E-state index contributed by atoms with van der Waals surface area (Å²) in [4.78, 5) is 22.9. The molecule has 3 rings (SSSR count). The highest BCUT2D eigenvalue weighted by Gasteiger charge is 2.31. The Bertz CT molecular complexity index is 1400. The van der Waals surface area contributed by atoms with Gasteiger partial charge in [0.1, 0.15) is 29.6 Å². The second kappa shape index (κ2) is 10.2. The molecule has 0 saturated heterocycles. The predicted octanol–water partition coefficient (Wildman–Crippen LogP) is 4.68. The zero-order valence-corrected chi connectivity index (χ0v) is 19.9. The molecule has 0 aliphatic carbocycles. The van der Waals surface area contributed by atoms with Crippen molar-refractivity contribution in [3.05, 3.63) is 86.9 Å². The first-order valence-corrected chi connectivity index (χ1v) is 11.6. The number of benzene rings is 3. The van der Waals surface area contributed by atoms with E-state index >= 15 is 0 Å². The van der Waals surface area contributed by atoms with Gasteiger partial charge >= 0.3 is 0 Å². The first kappa shape index (κ1) is 25.8. The number of ether oxygens (including phenoxy) is 1. The van der Waals surface area contributed by atoms with Crippen molar-refractivity contribution < 1.29 is 31.7 Å². The van der Waals surface area contributed by atoms with Crippen molar-refractivity contribution in [2.75, 3.05) is 23.3 Å². The van der Waals surface area contributed by atoms with Gasteiger partial charge in [0.25, 0.3) is 15.7 Å². The molecule has 0 saturated carbocycles. The average molecular weight is 526 g/mol. The van der Waals surface area contributed by atoms with E-state index in [1.54, 1.807) is 0 Å². The standard InChI is InChI=1S/C22H18ClF2N3O6S/c1-13-6-8-15(11-18(13)28(30)31)35(32,33)27(19-10-14(23)7-9-20(19)34-2)12-21(29)26-22-16(24)4-3-5-17(22)25/h3-11H,12H2,1-2H3,(H,26,29). The van der Waals surface area contributed by atoms with Gasteiger partial charge in [-0.25, -0.2) is 17.2 Å². The molecule has 0 aromatic heterocycles. The number of nitro benzene ring substituents is 1. The maximum atomic E-state index is 14.0. The van der Waals surface area contributed by atoms with Crippen molar-refractivity contribution in [3.8, 4) is 5.75 Å². The number of hydrogen-bond donors (Lipinski definition) is 1. The Morgan fingerprint density at radius 1 is 1.14 bits per heavy atom. The van der Waals surface area contributed by atoms with Gasteiger partial charge in [0.05, 0.1) is 22.6 Å². The van der Waals surface area contributed by atoms with Crippen LogP contribution in [0.5, 0.6) is 5.75 Å². The van der Waals surface area contributed by atoms with Crippen molar-refractivity contribution in [2.24, 2.45) is 0 Å². The van der Waals surface area contributed by atoms with Crippen molar-refractivity contribution >= 4 is 44.6 Å². The van der Waals surface area contributed by atoms with Crippen molar-refractivity contribution in [3.63, 3.8) is 0 Å². The fourth-order valence-electron chi connectivity index (χ4n) is 3.16. The van der Waals surface area contributed by atoms with E-state index in [9.17, 15) is 32.1 Å². The Balaban J connectivity index is 2.12. The third-order valence-electron chi connectivity index (χ3n) is 4.89. The number of hydrogen-bond acceptors (Lipinski definition) is 6. The number of para-hydroxylation sites is 1. The maximum absolute atomic E-state index is 14.0. The van der Waals surface area contributed by atoms with Crippen LogP contribution in [-0.4, -0.2) is 32.9 Å². The number of aryl methyl sites for hydroxylation is 1. The SMILES string of the molecule is COc1ccc(Cl)cc1N(CC(=O)Nc1c(F)cccc1F)S(=O)(=O)c1ccc(C)c([N+](=O)[O-])c1. The minimum absolute atomic E-state index is 0.00413. The summed E-state index contributed by atoms with van der Waals surface area (Å²) in [5, 5.41) is 13.5. The third-order valence-corrected chi connectivity index (χ3v) is 6.88. The summed E-state index contributed by atoms with van der Waals surface area (Å²) in [5.74, 6) is -3.23. The van der Waals surface area contributed by atoms with Crippen LogP contribution < -0.4 is 14.4 Å². The lowest BCUT2D eigenvalue weighted by atomic mass is 10.2. The molecule has 3 aromatic rings. The summed E-state index contributed by atoms with van der Waals surface area (Å²) in [7, 11) is -3.39. The van der Waals surface area contributed by atoms with Crippen molar-refractivity contribution in [2.45, 2.75) is 11.8 Å². The molecular weight excluding hydrogens is 508 g/mol. The Morgan fingerprint density at radius 2 is 1.80 bits per heavy atom. The van der Waals surface area contributed by atoms with E-state index in [1.807, 2.05) is 5.32 Å². The van der Waals surface area contributed by atoms with E-state index in [2.05, 4.69) is 0 Å².